The normalized spacial score (nSPS) is 12.9. The Morgan fingerprint density at radius 2 is 1.95 bits per heavy atom. The summed E-state index contributed by atoms with van der Waals surface area (Å²) in [7, 11) is 0. The van der Waals surface area contributed by atoms with Crippen LogP contribution in [0.25, 0.3) is 6.08 Å². The number of aliphatic hydroxyl groups is 1. The molecule has 0 aliphatic rings. The van der Waals surface area contributed by atoms with Gasteiger partial charge in [-0.25, -0.2) is 0 Å². The number of amides is 1. The first kappa shape index (κ1) is 16.0. The van der Waals surface area contributed by atoms with Gasteiger partial charge in [0.1, 0.15) is 0 Å². The fourth-order valence-corrected chi connectivity index (χ4v) is 2.01. The van der Waals surface area contributed by atoms with Crippen molar-refractivity contribution >= 4 is 35.2 Å². The van der Waals surface area contributed by atoms with Gasteiger partial charge in [-0.15, -0.1) is 0 Å². The van der Waals surface area contributed by atoms with Crippen molar-refractivity contribution in [1.29, 1.82) is 0 Å². The molecule has 1 atom stereocenters. The number of carbonyl (C=O) groups excluding carboxylic acids is 1. The van der Waals surface area contributed by atoms with Crippen molar-refractivity contribution in [1.82, 2.24) is 5.32 Å². The van der Waals surface area contributed by atoms with Crippen molar-refractivity contribution in [3.8, 4) is 0 Å². The van der Waals surface area contributed by atoms with Gasteiger partial charge in [0.2, 0.25) is 5.91 Å². The Labute approximate surface area is 123 Å². The second kappa shape index (κ2) is 7.53. The summed E-state index contributed by atoms with van der Waals surface area (Å²) in [6.45, 7) is 3.76. The second-order valence-electron chi connectivity index (χ2n) is 4.51. The molecule has 0 saturated heterocycles. The lowest BCUT2D eigenvalue weighted by molar-refractivity contribution is -0.117. The zero-order valence-electron chi connectivity index (χ0n) is 10.9. The minimum absolute atomic E-state index is 0.0932. The summed E-state index contributed by atoms with van der Waals surface area (Å²) in [5, 5.41) is 12.8. The van der Waals surface area contributed by atoms with Crippen molar-refractivity contribution in [3.63, 3.8) is 0 Å². The van der Waals surface area contributed by atoms with Gasteiger partial charge < -0.3 is 10.4 Å². The SMILES string of the molecule is CC(C)[C@@H](CO)NC(=O)C=Cc1c(Cl)cccc1Cl. The lowest BCUT2D eigenvalue weighted by atomic mass is 10.1. The van der Waals surface area contributed by atoms with E-state index in [-0.39, 0.29) is 24.5 Å². The number of rotatable bonds is 5. The second-order valence-corrected chi connectivity index (χ2v) is 5.32. The number of nitrogens with one attached hydrogen (secondary N) is 1. The quantitative estimate of drug-likeness (QED) is 0.821. The molecule has 0 spiro atoms. The summed E-state index contributed by atoms with van der Waals surface area (Å²) < 4.78 is 0. The molecule has 0 aliphatic carbocycles. The zero-order chi connectivity index (χ0) is 14.4. The van der Waals surface area contributed by atoms with Crippen LogP contribution < -0.4 is 5.32 Å². The van der Waals surface area contributed by atoms with Gasteiger partial charge in [-0.1, -0.05) is 43.1 Å². The van der Waals surface area contributed by atoms with E-state index in [4.69, 9.17) is 28.3 Å². The maximum atomic E-state index is 11.7. The molecular formula is C14H17Cl2NO2. The molecule has 0 heterocycles. The molecule has 19 heavy (non-hydrogen) atoms. The Hall–Kier alpha value is -1.03. The average Bonchev–Trinajstić information content (AvgIpc) is 2.35. The first-order chi connectivity index (χ1) is 8.95. The summed E-state index contributed by atoms with van der Waals surface area (Å²) in [4.78, 5) is 11.7. The number of halogens is 2. The van der Waals surface area contributed by atoms with Gasteiger partial charge in [0, 0.05) is 21.7 Å². The predicted molar refractivity (Wildman–Crippen MR) is 79.4 cm³/mol. The third-order valence-electron chi connectivity index (χ3n) is 2.73. The maximum Gasteiger partial charge on any atom is 0.244 e. The number of hydrogen-bond acceptors (Lipinski definition) is 2. The van der Waals surface area contributed by atoms with Crippen molar-refractivity contribution in [2.75, 3.05) is 6.61 Å². The number of aliphatic hydroxyl groups excluding tert-OH is 1. The lowest BCUT2D eigenvalue weighted by Gasteiger charge is -2.18. The Kier molecular flexibility index (Phi) is 6.35. The van der Waals surface area contributed by atoms with Crippen molar-refractivity contribution in [3.05, 3.63) is 39.9 Å². The number of carbonyl (C=O) groups is 1. The molecule has 104 valence electrons. The molecule has 3 nitrogen and oxygen atoms in total. The highest BCUT2D eigenvalue weighted by molar-refractivity contribution is 6.37. The first-order valence-electron chi connectivity index (χ1n) is 5.99. The number of benzene rings is 1. The van der Waals surface area contributed by atoms with Gasteiger partial charge in [-0.3, -0.25) is 4.79 Å². The molecule has 0 radical (unpaired) electrons. The van der Waals surface area contributed by atoms with Crippen molar-refractivity contribution < 1.29 is 9.90 Å². The largest absolute Gasteiger partial charge is 0.394 e. The smallest absolute Gasteiger partial charge is 0.244 e. The standard InChI is InChI=1S/C14H17Cl2NO2/c1-9(2)13(8-18)17-14(19)7-6-10-11(15)4-3-5-12(10)16/h3-7,9,13,18H,8H2,1-2H3,(H,17,19)/t13-/m1/s1. The van der Waals surface area contributed by atoms with Gasteiger partial charge >= 0.3 is 0 Å². The van der Waals surface area contributed by atoms with Gasteiger partial charge in [0.15, 0.2) is 0 Å². The van der Waals surface area contributed by atoms with Gasteiger partial charge in [-0.2, -0.15) is 0 Å². The fraction of sp³-hybridized carbons (Fsp3) is 0.357. The van der Waals surface area contributed by atoms with E-state index in [9.17, 15) is 4.79 Å². The predicted octanol–water partition coefficient (Wildman–Crippen LogP) is 3.14. The first-order valence-corrected chi connectivity index (χ1v) is 6.74. The average molecular weight is 302 g/mol. The van der Waals surface area contributed by atoms with Crippen LogP contribution in [0.4, 0.5) is 0 Å². The van der Waals surface area contributed by atoms with Gasteiger partial charge in [-0.05, 0) is 24.1 Å². The molecule has 0 unspecified atom stereocenters. The molecule has 1 amide bonds. The van der Waals surface area contributed by atoms with E-state index in [0.717, 1.165) is 0 Å². The zero-order valence-corrected chi connectivity index (χ0v) is 12.4. The van der Waals surface area contributed by atoms with E-state index in [0.29, 0.717) is 15.6 Å². The Balaban J connectivity index is 2.74. The summed E-state index contributed by atoms with van der Waals surface area (Å²) in [6.07, 6.45) is 2.92. The van der Waals surface area contributed by atoms with Crippen LogP contribution in [0.5, 0.6) is 0 Å². The van der Waals surface area contributed by atoms with Crippen molar-refractivity contribution in [2.45, 2.75) is 19.9 Å². The molecule has 0 saturated carbocycles. The summed E-state index contributed by atoms with van der Waals surface area (Å²) in [5.74, 6) is -0.130. The highest BCUT2D eigenvalue weighted by Crippen LogP contribution is 2.25. The Bertz CT molecular complexity index is 452. The summed E-state index contributed by atoms with van der Waals surface area (Å²) >= 11 is 12.0. The third kappa shape index (κ3) is 4.86. The summed E-state index contributed by atoms with van der Waals surface area (Å²) in [5.41, 5.74) is 0.603. The van der Waals surface area contributed by atoms with Crippen LogP contribution in [0, 0.1) is 5.92 Å². The molecule has 5 heteroatoms. The summed E-state index contributed by atoms with van der Waals surface area (Å²) in [6, 6.07) is 4.88. The van der Waals surface area contributed by atoms with E-state index in [1.165, 1.54) is 6.08 Å². The molecule has 0 bridgehead atoms. The monoisotopic (exact) mass is 301 g/mol. The molecule has 0 aromatic heterocycles. The van der Waals surface area contributed by atoms with E-state index in [1.807, 2.05) is 13.8 Å². The van der Waals surface area contributed by atoms with E-state index >= 15 is 0 Å². The topological polar surface area (TPSA) is 49.3 Å². The van der Waals surface area contributed by atoms with Crippen LogP contribution in [0.15, 0.2) is 24.3 Å². The van der Waals surface area contributed by atoms with Crippen LogP contribution in [0.2, 0.25) is 10.0 Å². The maximum absolute atomic E-state index is 11.7. The number of hydrogen-bond donors (Lipinski definition) is 2. The van der Waals surface area contributed by atoms with Crippen molar-refractivity contribution in [2.24, 2.45) is 5.92 Å². The minimum Gasteiger partial charge on any atom is -0.394 e. The third-order valence-corrected chi connectivity index (χ3v) is 3.39. The molecular weight excluding hydrogens is 285 g/mol. The van der Waals surface area contributed by atoms with E-state index < -0.39 is 0 Å². The molecule has 2 N–H and O–H groups in total. The lowest BCUT2D eigenvalue weighted by Crippen LogP contribution is -2.40. The Morgan fingerprint density at radius 1 is 1.37 bits per heavy atom. The van der Waals surface area contributed by atoms with Gasteiger partial charge in [0.05, 0.1) is 12.6 Å². The van der Waals surface area contributed by atoms with E-state index in [1.54, 1.807) is 24.3 Å². The van der Waals surface area contributed by atoms with Gasteiger partial charge in [0.25, 0.3) is 0 Å². The fourth-order valence-electron chi connectivity index (χ4n) is 1.48. The van der Waals surface area contributed by atoms with Crippen LogP contribution in [0.3, 0.4) is 0 Å². The minimum atomic E-state index is -0.288. The molecule has 0 aliphatic heterocycles. The van der Waals surface area contributed by atoms with Crippen LogP contribution in [-0.4, -0.2) is 23.7 Å². The molecule has 1 aromatic rings. The van der Waals surface area contributed by atoms with Crippen LogP contribution in [-0.2, 0) is 4.79 Å². The van der Waals surface area contributed by atoms with E-state index in [2.05, 4.69) is 5.32 Å². The van der Waals surface area contributed by atoms with Crippen LogP contribution >= 0.6 is 23.2 Å². The molecule has 0 fully saturated rings. The van der Waals surface area contributed by atoms with Crippen LogP contribution in [0.1, 0.15) is 19.4 Å². The molecule has 1 rings (SSSR count). The molecule has 1 aromatic carbocycles. The highest BCUT2D eigenvalue weighted by atomic mass is 35.5. The highest BCUT2D eigenvalue weighted by Gasteiger charge is 2.13. The Morgan fingerprint density at radius 3 is 2.42 bits per heavy atom.